The van der Waals surface area contributed by atoms with Gasteiger partial charge in [-0.2, -0.15) is 23.3 Å². The lowest BCUT2D eigenvalue weighted by Gasteiger charge is -2.11. The minimum Gasteiger partial charge on any atom is -0.481 e. The molecule has 3 aromatic rings. The summed E-state index contributed by atoms with van der Waals surface area (Å²) in [6.45, 7) is -0.988. The van der Waals surface area contributed by atoms with Crippen LogP contribution in [0.2, 0.25) is 0 Å². The number of amides is 1. The SMILES string of the molecule is COc1nc(OCC(F)(F)F)ccc1Cn1cc2c(C(=O)NCCCO)nccc2n1. The monoisotopic (exact) mass is 439 g/mol. The largest absolute Gasteiger partial charge is 0.481 e. The maximum absolute atomic E-state index is 12.4. The van der Waals surface area contributed by atoms with Crippen LogP contribution in [0.1, 0.15) is 22.5 Å². The van der Waals surface area contributed by atoms with Crippen molar-refractivity contribution in [1.29, 1.82) is 0 Å². The number of alkyl halides is 3. The Labute approximate surface area is 174 Å². The normalized spacial score (nSPS) is 11.5. The van der Waals surface area contributed by atoms with E-state index in [1.54, 1.807) is 16.9 Å². The van der Waals surface area contributed by atoms with E-state index in [-0.39, 0.29) is 36.5 Å². The highest BCUT2D eigenvalue weighted by atomic mass is 19.4. The van der Waals surface area contributed by atoms with Crippen molar-refractivity contribution in [3.8, 4) is 11.8 Å². The number of rotatable bonds is 9. The number of nitrogens with one attached hydrogen (secondary N) is 1. The van der Waals surface area contributed by atoms with Crippen molar-refractivity contribution >= 4 is 16.8 Å². The van der Waals surface area contributed by atoms with Gasteiger partial charge in [0.15, 0.2) is 6.61 Å². The third kappa shape index (κ3) is 5.81. The second kappa shape index (κ2) is 9.60. The highest BCUT2D eigenvalue weighted by molar-refractivity contribution is 6.04. The molecule has 0 aliphatic heterocycles. The molecule has 0 unspecified atom stereocenters. The Bertz CT molecular complexity index is 1050. The van der Waals surface area contributed by atoms with Crippen LogP contribution in [-0.2, 0) is 6.54 Å². The summed E-state index contributed by atoms with van der Waals surface area (Å²) < 4.78 is 48.3. The van der Waals surface area contributed by atoms with Crippen molar-refractivity contribution in [3.05, 3.63) is 41.9 Å². The van der Waals surface area contributed by atoms with Gasteiger partial charge in [0.2, 0.25) is 11.8 Å². The zero-order valence-electron chi connectivity index (χ0n) is 16.5. The average Bonchev–Trinajstić information content (AvgIpc) is 3.15. The van der Waals surface area contributed by atoms with E-state index in [1.807, 2.05) is 0 Å². The van der Waals surface area contributed by atoms with E-state index in [0.717, 1.165) is 0 Å². The minimum absolute atomic E-state index is 0.0360. The van der Waals surface area contributed by atoms with E-state index in [1.165, 1.54) is 25.4 Å². The standard InChI is InChI=1S/C19H20F3N5O4/c1-30-18-12(3-4-15(25-18)31-11-19(20,21)22)9-27-10-13-14(26-27)5-7-23-16(13)17(29)24-6-2-8-28/h3-5,7,10,28H,2,6,8-9,11H2,1H3,(H,24,29). The number of fused-ring (bicyclic) bond motifs is 1. The molecule has 1 amide bonds. The van der Waals surface area contributed by atoms with Gasteiger partial charge < -0.3 is 19.9 Å². The van der Waals surface area contributed by atoms with Gasteiger partial charge in [-0.25, -0.2) is 0 Å². The number of methoxy groups -OCH3 is 1. The molecule has 3 rings (SSSR count). The Morgan fingerprint density at radius 3 is 2.81 bits per heavy atom. The Morgan fingerprint density at radius 1 is 1.29 bits per heavy atom. The zero-order chi connectivity index (χ0) is 22.4. The highest BCUT2D eigenvalue weighted by Crippen LogP contribution is 2.24. The number of carbonyl (C=O) groups is 1. The molecule has 0 aliphatic carbocycles. The predicted molar refractivity (Wildman–Crippen MR) is 103 cm³/mol. The molecule has 0 fully saturated rings. The summed E-state index contributed by atoms with van der Waals surface area (Å²) in [6, 6.07) is 4.50. The zero-order valence-corrected chi connectivity index (χ0v) is 16.5. The maximum atomic E-state index is 12.4. The quantitative estimate of drug-likeness (QED) is 0.490. The fourth-order valence-electron chi connectivity index (χ4n) is 2.78. The first-order valence-corrected chi connectivity index (χ1v) is 9.25. The molecule has 0 radical (unpaired) electrons. The molecule has 0 aliphatic rings. The Hall–Kier alpha value is -3.41. The van der Waals surface area contributed by atoms with E-state index in [2.05, 4.69) is 25.1 Å². The van der Waals surface area contributed by atoms with Crippen molar-refractivity contribution < 1.29 is 32.5 Å². The summed E-state index contributed by atoms with van der Waals surface area (Å²) in [5.74, 6) is -0.502. The third-order valence-electron chi connectivity index (χ3n) is 4.14. The van der Waals surface area contributed by atoms with Crippen LogP contribution in [0.3, 0.4) is 0 Å². The first-order chi connectivity index (χ1) is 14.8. The molecule has 0 saturated carbocycles. The summed E-state index contributed by atoms with van der Waals surface area (Å²) in [4.78, 5) is 20.4. The van der Waals surface area contributed by atoms with Gasteiger partial charge in [-0.1, -0.05) is 0 Å². The molecular formula is C19H20F3N5O4. The topological polar surface area (TPSA) is 111 Å². The molecule has 0 saturated heterocycles. The molecule has 166 valence electrons. The van der Waals surface area contributed by atoms with Crippen molar-refractivity contribution in [2.24, 2.45) is 0 Å². The van der Waals surface area contributed by atoms with Gasteiger partial charge in [-0.05, 0) is 18.6 Å². The first-order valence-electron chi connectivity index (χ1n) is 9.25. The number of hydrogen-bond donors (Lipinski definition) is 2. The molecule has 2 N–H and O–H groups in total. The second-order valence-corrected chi connectivity index (χ2v) is 6.47. The summed E-state index contributed by atoms with van der Waals surface area (Å²) in [5, 5.41) is 16.4. The molecular weight excluding hydrogens is 419 g/mol. The number of halogens is 3. The van der Waals surface area contributed by atoms with Crippen LogP contribution in [0.25, 0.3) is 10.9 Å². The lowest BCUT2D eigenvalue weighted by Crippen LogP contribution is -2.26. The number of aliphatic hydroxyl groups is 1. The van der Waals surface area contributed by atoms with Gasteiger partial charge in [0, 0.05) is 37.2 Å². The summed E-state index contributed by atoms with van der Waals surface area (Å²) in [7, 11) is 1.34. The van der Waals surface area contributed by atoms with E-state index in [9.17, 15) is 18.0 Å². The van der Waals surface area contributed by atoms with Crippen LogP contribution in [0.5, 0.6) is 11.8 Å². The van der Waals surface area contributed by atoms with Crippen LogP contribution < -0.4 is 14.8 Å². The number of aromatic nitrogens is 4. The third-order valence-corrected chi connectivity index (χ3v) is 4.14. The van der Waals surface area contributed by atoms with Crippen LogP contribution in [-0.4, -0.2) is 63.8 Å². The smallest absolute Gasteiger partial charge is 0.422 e. The highest BCUT2D eigenvalue weighted by Gasteiger charge is 2.28. The lowest BCUT2D eigenvalue weighted by atomic mass is 10.2. The van der Waals surface area contributed by atoms with Crippen LogP contribution in [0.15, 0.2) is 30.6 Å². The number of pyridine rings is 2. The van der Waals surface area contributed by atoms with E-state index in [4.69, 9.17) is 9.84 Å². The van der Waals surface area contributed by atoms with Gasteiger partial charge in [0.05, 0.1) is 24.6 Å². The van der Waals surface area contributed by atoms with Gasteiger partial charge in [-0.15, -0.1) is 0 Å². The molecule has 0 atom stereocenters. The van der Waals surface area contributed by atoms with Gasteiger partial charge in [0.1, 0.15) is 5.69 Å². The number of ether oxygens (including phenoxy) is 2. The van der Waals surface area contributed by atoms with E-state index < -0.39 is 12.8 Å². The Kier molecular flexibility index (Phi) is 6.90. The van der Waals surface area contributed by atoms with Gasteiger partial charge >= 0.3 is 6.18 Å². The molecule has 0 spiro atoms. The van der Waals surface area contributed by atoms with Crippen LogP contribution in [0, 0.1) is 0 Å². The fraction of sp³-hybridized carbons (Fsp3) is 0.368. The van der Waals surface area contributed by atoms with Crippen molar-refractivity contribution in [2.45, 2.75) is 19.1 Å². The number of carbonyl (C=O) groups excluding carboxylic acids is 1. The Balaban J connectivity index is 1.80. The molecule has 9 nitrogen and oxygen atoms in total. The molecule has 3 heterocycles. The molecule has 12 heteroatoms. The van der Waals surface area contributed by atoms with Gasteiger partial charge in [-0.3, -0.25) is 14.5 Å². The molecule has 3 aromatic heterocycles. The summed E-state index contributed by atoms with van der Waals surface area (Å²) in [6.07, 6.45) is -0.943. The fourth-order valence-corrected chi connectivity index (χ4v) is 2.78. The number of hydrogen-bond acceptors (Lipinski definition) is 7. The van der Waals surface area contributed by atoms with Crippen molar-refractivity contribution in [1.82, 2.24) is 25.1 Å². The van der Waals surface area contributed by atoms with E-state index >= 15 is 0 Å². The van der Waals surface area contributed by atoms with Crippen molar-refractivity contribution in [3.63, 3.8) is 0 Å². The summed E-state index contributed by atoms with van der Waals surface area (Å²) >= 11 is 0. The maximum Gasteiger partial charge on any atom is 0.422 e. The minimum atomic E-state index is -4.47. The van der Waals surface area contributed by atoms with Crippen LogP contribution in [0.4, 0.5) is 13.2 Å². The van der Waals surface area contributed by atoms with Crippen LogP contribution >= 0.6 is 0 Å². The van der Waals surface area contributed by atoms with Crippen molar-refractivity contribution in [2.75, 3.05) is 26.9 Å². The molecule has 0 aromatic carbocycles. The number of aliphatic hydroxyl groups excluding tert-OH is 1. The lowest BCUT2D eigenvalue weighted by molar-refractivity contribution is -0.154. The van der Waals surface area contributed by atoms with E-state index in [0.29, 0.717) is 29.4 Å². The summed E-state index contributed by atoms with van der Waals surface area (Å²) in [5.41, 5.74) is 1.29. The predicted octanol–water partition coefficient (Wildman–Crippen LogP) is 1.94. The molecule has 31 heavy (non-hydrogen) atoms. The average molecular weight is 439 g/mol. The first kappa shape index (κ1) is 22.3. The molecule has 0 bridgehead atoms. The Morgan fingerprint density at radius 2 is 2.10 bits per heavy atom. The second-order valence-electron chi connectivity index (χ2n) is 6.47. The number of nitrogens with zero attached hydrogens (tertiary/aromatic N) is 4. The van der Waals surface area contributed by atoms with Gasteiger partial charge in [0.25, 0.3) is 5.91 Å².